The summed E-state index contributed by atoms with van der Waals surface area (Å²) in [4.78, 5) is 30.2. The summed E-state index contributed by atoms with van der Waals surface area (Å²) in [6.07, 6.45) is 4.79. The van der Waals surface area contributed by atoms with Crippen molar-refractivity contribution in [3.63, 3.8) is 0 Å². The van der Waals surface area contributed by atoms with Crippen molar-refractivity contribution in [3.05, 3.63) is 65.7 Å². The van der Waals surface area contributed by atoms with Gasteiger partial charge in [-0.2, -0.15) is 10.2 Å². The van der Waals surface area contributed by atoms with Crippen LogP contribution in [0.2, 0.25) is 0 Å². The molecule has 0 aliphatic rings. The number of fused-ring (bicyclic) bond motifs is 1. The normalized spacial score (nSPS) is 11.2. The van der Waals surface area contributed by atoms with E-state index in [1.54, 1.807) is 21.6 Å². The number of hydrogen-bond acceptors (Lipinski definition) is 5. The van der Waals surface area contributed by atoms with E-state index >= 15 is 0 Å². The second kappa shape index (κ2) is 9.23. The Morgan fingerprint density at radius 3 is 2.55 bits per heavy atom. The fourth-order valence-corrected chi connectivity index (χ4v) is 3.41. The number of carbonyl (C=O) groups excluding carboxylic acids is 2. The van der Waals surface area contributed by atoms with Crippen molar-refractivity contribution in [2.45, 2.75) is 34.2 Å². The number of hydrogen-bond donors (Lipinski definition) is 2. The molecule has 3 aromatic heterocycles. The topological polar surface area (TPSA) is 106 Å². The van der Waals surface area contributed by atoms with E-state index < -0.39 is 5.91 Å². The summed E-state index contributed by atoms with van der Waals surface area (Å²) in [7, 11) is 0. The predicted molar refractivity (Wildman–Crippen MR) is 126 cm³/mol. The van der Waals surface area contributed by atoms with Crippen LogP contribution < -0.4 is 10.6 Å². The zero-order valence-corrected chi connectivity index (χ0v) is 19.2. The molecule has 0 unspecified atom stereocenters. The molecule has 0 saturated heterocycles. The van der Waals surface area contributed by atoms with Gasteiger partial charge in [0.05, 0.1) is 17.6 Å². The highest BCUT2D eigenvalue weighted by atomic mass is 16.2. The van der Waals surface area contributed by atoms with E-state index in [0.717, 1.165) is 16.8 Å². The van der Waals surface area contributed by atoms with Crippen LogP contribution in [-0.2, 0) is 6.54 Å². The van der Waals surface area contributed by atoms with Gasteiger partial charge in [0.1, 0.15) is 5.56 Å². The van der Waals surface area contributed by atoms with Crippen molar-refractivity contribution in [3.8, 4) is 11.3 Å². The zero-order chi connectivity index (χ0) is 23.5. The number of anilines is 1. The molecule has 0 aliphatic carbocycles. The summed E-state index contributed by atoms with van der Waals surface area (Å²) in [6, 6.07) is 9.92. The molecule has 1 aromatic carbocycles. The molecule has 0 saturated carbocycles. The summed E-state index contributed by atoms with van der Waals surface area (Å²) in [5.74, 6) is -0.439. The van der Waals surface area contributed by atoms with Gasteiger partial charge in [-0.15, -0.1) is 0 Å². The maximum atomic E-state index is 13.1. The van der Waals surface area contributed by atoms with Crippen LogP contribution in [0, 0.1) is 12.8 Å². The number of amides is 2. The van der Waals surface area contributed by atoms with E-state index in [4.69, 9.17) is 0 Å². The Labute approximate surface area is 191 Å². The monoisotopic (exact) mass is 445 g/mol. The summed E-state index contributed by atoms with van der Waals surface area (Å²) < 4.78 is 3.26. The van der Waals surface area contributed by atoms with Crippen molar-refractivity contribution in [2.24, 2.45) is 5.92 Å². The van der Waals surface area contributed by atoms with Crippen molar-refractivity contribution >= 4 is 23.1 Å². The number of aryl methyl sites for hydroxylation is 2. The summed E-state index contributed by atoms with van der Waals surface area (Å²) in [5, 5.41) is 14.4. The highest BCUT2D eigenvalue weighted by molar-refractivity contribution is 6.11. The quantitative estimate of drug-likeness (QED) is 0.452. The molecular formula is C24H27N7O2. The zero-order valence-electron chi connectivity index (χ0n) is 19.2. The van der Waals surface area contributed by atoms with E-state index in [9.17, 15) is 9.59 Å². The third kappa shape index (κ3) is 4.62. The number of nitrogens with zero attached hydrogens (tertiary/aromatic N) is 5. The van der Waals surface area contributed by atoms with Crippen LogP contribution in [0.5, 0.6) is 0 Å². The van der Waals surface area contributed by atoms with E-state index in [2.05, 4.69) is 25.8 Å². The standard InChI is InChI=1S/C24H27N7O2/c1-5-30-14-19(21(29-30)24(33)26-12-15(2)3)28-23(32)18-13-27-31-20(10-11-25-22(18)31)17-8-6-16(4)7-9-17/h6-11,13-15H,5,12H2,1-4H3,(H,26,33)(H,28,32). The molecule has 9 heteroatoms. The van der Waals surface area contributed by atoms with Crippen LogP contribution in [0.3, 0.4) is 0 Å². The summed E-state index contributed by atoms with van der Waals surface area (Å²) in [5.41, 5.74) is 4.21. The molecular weight excluding hydrogens is 418 g/mol. The molecule has 0 atom stereocenters. The van der Waals surface area contributed by atoms with Gasteiger partial charge < -0.3 is 10.6 Å². The van der Waals surface area contributed by atoms with Gasteiger partial charge >= 0.3 is 0 Å². The first-order valence-corrected chi connectivity index (χ1v) is 10.9. The minimum absolute atomic E-state index is 0.177. The van der Waals surface area contributed by atoms with E-state index in [1.807, 2.05) is 58.0 Å². The van der Waals surface area contributed by atoms with E-state index in [0.29, 0.717) is 35.9 Å². The van der Waals surface area contributed by atoms with Gasteiger partial charge in [0.15, 0.2) is 11.3 Å². The van der Waals surface area contributed by atoms with Gasteiger partial charge in [-0.3, -0.25) is 14.3 Å². The first-order chi connectivity index (χ1) is 15.9. The Bertz CT molecular complexity index is 1300. The smallest absolute Gasteiger partial charge is 0.273 e. The number of nitrogens with one attached hydrogen (secondary N) is 2. The number of aromatic nitrogens is 5. The second-order valence-corrected chi connectivity index (χ2v) is 8.29. The van der Waals surface area contributed by atoms with Gasteiger partial charge in [-0.05, 0) is 25.8 Å². The fraction of sp³-hybridized carbons (Fsp3) is 0.292. The molecule has 9 nitrogen and oxygen atoms in total. The number of benzene rings is 1. The van der Waals surface area contributed by atoms with Crippen molar-refractivity contribution < 1.29 is 9.59 Å². The number of rotatable bonds is 7. The van der Waals surface area contributed by atoms with Gasteiger partial charge in [-0.25, -0.2) is 9.50 Å². The molecule has 0 radical (unpaired) electrons. The molecule has 0 fully saturated rings. The van der Waals surface area contributed by atoms with Gasteiger partial charge in [0, 0.05) is 31.0 Å². The lowest BCUT2D eigenvalue weighted by Crippen LogP contribution is -2.28. The summed E-state index contributed by atoms with van der Waals surface area (Å²) in [6.45, 7) is 9.05. The highest BCUT2D eigenvalue weighted by Crippen LogP contribution is 2.22. The van der Waals surface area contributed by atoms with Gasteiger partial charge in [0.25, 0.3) is 11.8 Å². The minimum Gasteiger partial charge on any atom is -0.350 e. The van der Waals surface area contributed by atoms with Gasteiger partial charge in [-0.1, -0.05) is 43.7 Å². The molecule has 2 amide bonds. The molecule has 0 spiro atoms. The SMILES string of the molecule is CCn1cc(NC(=O)c2cnn3c(-c4ccc(C)cc4)ccnc23)c(C(=O)NCC(C)C)n1. The fourth-order valence-electron chi connectivity index (χ4n) is 3.41. The van der Waals surface area contributed by atoms with Crippen LogP contribution in [0.4, 0.5) is 5.69 Å². The van der Waals surface area contributed by atoms with Crippen LogP contribution in [0.1, 0.15) is 47.2 Å². The largest absolute Gasteiger partial charge is 0.350 e. The third-order valence-electron chi connectivity index (χ3n) is 5.21. The molecule has 33 heavy (non-hydrogen) atoms. The molecule has 4 aromatic rings. The Morgan fingerprint density at radius 2 is 1.85 bits per heavy atom. The van der Waals surface area contributed by atoms with Crippen molar-refractivity contribution in [1.29, 1.82) is 0 Å². The Morgan fingerprint density at radius 1 is 1.09 bits per heavy atom. The first kappa shape index (κ1) is 22.2. The maximum Gasteiger partial charge on any atom is 0.273 e. The highest BCUT2D eigenvalue weighted by Gasteiger charge is 2.22. The van der Waals surface area contributed by atoms with Crippen LogP contribution in [0.15, 0.2) is 48.9 Å². The van der Waals surface area contributed by atoms with Gasteiger partial charge in [0.2, 0.25) is 0 Å². The average molecular weight is 446 g/mol. The lowest BCUT2D eigenvalue weighted by molar-refractivity contribution is 0.0944. The Hall–Kier alpha value is -4.01. The second-order valence-electron chi connectivity index (χ2n) is 8.29. The van der Waals surface area contributed by atoms with Crippen molar-refractivity contribution in [2.75, 3.05) is 11.9 Å². The molecule has 4 rings (SSSR count). The molecule has 3 heterocycles. The van der Waals surface area contributed by atoms with Crippen LogP contribution in [-0.4, -0.2) is 42.7 Å². The lowest BCUT2D eigenvalue weighted by atomic mass is 10.1. The predicted octanol–water partition coefficient (Wildman–Crippen LogP) is 3.56. The Kier molecular flexibility index (Phi) is 6.21. The van der Waals surface area contributed by atoms with Crippen LogP contribution >= 0.6 is 0 Å². The number of carbonyl (C=O) groups is 2. The first-order valence-electron chi connectivity index (χ1n) is 10.9. The van der Waals surface area contributed by atoms with E-state index in [1.165, 1.54) is 6.20 Å². The lowest BCUT2D eigenvalue weighted by Gasteiger charge is -2.08. The molecule has 0 aliphatic heterocycles. The Balaban J connectivity index is 1.64. The average Bonchev–Trinajstić information content (AvgIpc) is 3.42. The molecule has 2 N–H and O–H groups in total. The molecule has 170 valence electrons. The van der Waals surface area contributed by atoms with Crippen molar-refractivity contribution in [1.82, 2.24) is 29.7 Å². The van der Waals surface area contributed by atoms with E-state index in [-0.39, 0.29) is 11.6 Å². The maximum absolute atomic E-state index is 13.1. The molecule has 0 bridgehead atoms. The minimum atomic E-state index is -0.410. The summed E-state index contributed by atoms with van der Waals surface area (Å²) >= 11 is 0. The third-order valence-corrected chi connectivity index (χ3v) is 5.21. The van der Waals surface area contributed by atoms with Crippen LogP contribution in [0.25, 0.3) is 16.9 Å².